The van der Waals surface area contributed by atoms with Gasteiger partial charge in [0.05, 0.1) is 12.2 Å². The van der Waals surface area contributed by atoms with Gasteiger partial charge in [-0.05, 0) is 40.8 Å². The van der Waals surface area contributed by atoms with Gasteiger partial charge in [-0.3, -0.25) is 0 Å². The van der Waals surface area contributed by atoms with Gasteiger partial charge >= 0.3 is 0 Å². The van der Waals surface area contributed by atoms with E-state index in [-0.39, 0.29) is 0 Å². The lowest BCUT2D eigenvalue weighted by atomic mass is 10.3. The average Bonchev–Trinajstić information content (AvgIpc) is 2.95. The van der Waals surface area contributed by atoms with Gasteiger partial charge in [0.1, 0.15) is 0 Å². The third-order valence-electron chi connectivity index (χ3n) is 2.81. The maximum absolute atomic E-state index is 5.95. The molecule has 100 valence electrons. The number of anilines is 1. The summed E-state index contributed by atoms with van der Waals surface area (Å²) in [6.07, 6.45) is 0. The topological polar surface area (TPSA) is 55.6 Å². The summed E-state index contributed by atoms with van der Waals surface area (Å²) in [6.45, 7) is 0.516. The molecule has 3 aromatic rings. The second kappa shape index (κ2) is 5.71. The zero-order chi connectivity index (χ0) is 13.8. The van der Waals surface area contributed by atoms with Crippen LogP contribution in [0.4, 0.5) is 5.69 Å². The van der Waals surface area contributed by atoms with Crippen LogP contribution in [0.3, 0.4) is 0 Å². The van der Waals surface area contributed by atoms with Crippen molar-refractivity contribution < 1.29 is 0 Å². The fourth-order valence-corrected chi connectivity index (χ4v) is 2.06. The van der Waals surface area contributed by atoms with Crippen molar-refractivity contribution in [3.63, 3.8) is 0 Å². The van der Waals surface area contributed by atoms with Crippen molar-refractivity contribution in [1.82, 2.24) is 20.2 Å². The number of nitrogens with one attached hydrogen (secondary N) is 1. The Bertz CT molecular complexity index is 696. The average molecular weight is 286 g/mol. The lowest BCUT2D eigenvalue weighted by Gasteiger charge is -2.07. The highest BCUT2D eigenvalue weighted by molar-refractivity contribution is 6.30. The van der Waals surface area contributed by atoms with E-state index < -0.39 is 0 Å². The summed E-state index contributed by atoms with van der Waals surface area (Å²) < 4.78 is 1.71. The minimum absolute atomic E-state index is 0.516. The molecule has 0 saturated carbocycles. The zero-order valence-corrected chi connectivity index (χ0v) is 11.3. The van der Waals surface area contributed by atoms with E-state index in [1.807, 2.05) is 54.6 Å². The molecule has 0 saturated heterocycles. The van der Waals surface area contributed by atoms with E-state index in [1.165, 1.54) is 0 Å². The van der Waals surface area contributed by atoms with Crippen molar-refractivity contribution in [3.05, 3.63) is 65.4 Å². The lowest BCUT2D eigenvalue weighted by molar-refractivity contribution is 0.768. The molecule has 0 aliphatic rings. The van der Waals surface area contributed by atoms with Gasteiger partial charge in [0.25, 0.3) is 0 Å². The zero-order valence-electron chi connectivity index (χ0n) is 10.6. The number of nitrogens with zero attached hydrogens (tertiary/aromatic N) is 4. The van der Waals surface area contributed by atoms with Crippen LogP contribution in [0, 0.1) is 0 Å². The lowest BCUT2D eigenvalue weighted by Crippen LogP contribution is -2.08. The number of hydrogen-bond donors (Lipinski definition) is 1. The van der Waals surface area contributed by atoms with E-state index in [1.54, 1.807) is 4.68 Å². The van der Waals surface area contributed by atoms with E-state index in [0.29, 0.717) is 11.6 Å². The van der Waals surface area contributed by atoms with Gasteiger partial charge in [0.15, 0.2) is 5.82 Å². The molecule has 20 heavy (non-hydrogen) atoms. The largest absolute Gasteiger partial charge is 0.378 e. The number of aromatic nitrogens is 4. The molecule has 0 unspecified atom stereocenters. The first-order valence-electron chi connectivity index (χ1n) is 6.15. The molecular formula is C14H12ClN5. The summed E-state index contributed by atoms with van der Waals surface area (Å²) >= 11 is 5.95. The molecule has 1 N–H and O–H groups in total. The number of benzene rings is 2. The van der Waals surface area contributed by atoms with Crippen molar-refractivity contribution in [1.29, 1.82) is 0 Å². The second-order valence-electron chi connectivity index (χ2n) is 4.21. The molecule has 1 heterocycles. The van der Waals surface area contributed by atoms with Crippen molar-refractivity contribution in [2.75, 3.05) is 5.32 Å². The van der Waals surface area contributed by atoms with E-state index in [4.69, 9.17) is 11.6 Å². The summed E-state index contributed by atoms with van der Waals surface area (Å²) in [5.74, 6) is 0.733. The Morgan fingerprint density at radius 3 is 2.70 bits per heavy atom. The van der Waals surface area contributed by atoms with Crippen LogP contribution >= 0.6 is 11.6 Å². The third kappa shape index (κ3) is 2.78. The number of hydrogen-bond acceptors (Lipinski definition) is 4. The van der Waals surface area contributed by atoms with Crippen molar-refractivity contribution in [2.24, 2.45) is 0 Å². The highest BCUT2D eigenvalue weighted by Crippen LogP contribution is 2.16. The summed E-state index contributed by atoms with van der Waals surface area (Å²) in [4.78, 5) is 0. The van der Waals surface area contributed by atoms with Gasteiger partial charge in [0, 0.05) is 10.7 Å². The monoisotopic (exact) mass is 285 g/mol. The predicted octanol–water partition coefficient (Wildman–Crippen LogP) is 2.93. The van der Waals surface area contributed by atoms with Gasteiger partial charge in [-0.25, -0.2) is 0 Å². The quantitative estimate of drug-likeness (QED) is 0.801. The molecule has 0 atom stereocenters. The molecule has 0 radical (unpaired) electrons. The van der Waals surface area contributed by atoms with Crippen LogP contribution in [0.1, 0.15) is 5.82 Å². The first kappa shape index (κ1) is 12.6. The maximum atomic E-state index is 5.95. The van der Waals surface area contributed by atoms with Crippen LogP contribution in [0.5, 0.6) is 0 Å². The molecule has 0 fully saturated rings. The molecule has 3 rings (SSSR count). The van der Waals surface area contributed by atoms with Gasteiger partial charge in [-0.2, -0.15) is 4.68 Å². The molecule has 2 aromatic carbocycles. The van der Waals surface area contributed by atoms with Crippen LogP contribution < -0.4 is 5.32 Å². The number of rotatable bonds is 4. The number of para-hydroxylation sites is 1. The van der Waals surface area contributed by atoms with Gasteiger partial charge < -0.3 is 5.32 Å². The van der Waals surface area contributed by atoms with E-state index in [0.717, 1.165) is 17.2 Å². The van der Waals surface area contributed by atoms with Crippen molar-refractivity contribution in [3.8, 4) is 5.69 Å². The Morgan fingerprint density at radius 1 is 1.05 bits per heavy atom. The fraction of sp³-hybridized carbons (Fsp3) is 0.0714. The van der Waals surface area contributed by atoms with E-state index in [2.05, 4.69) is 20.8 Å². The molecule has 0 spiro atoms. The molecular weight excluding hydrogens is 274 g/mol. The van der Waals surface area contributed by atoms with Crippen LogP contribution in [0.15, 0.2) is 54.6 Å². The van der Waals surface area contributed by atoms with Gasteiger partial charge in [-0.1, -0.05) is 35.9 Å². The normalized spacial score (nSPS) is 10.4. The first-order chi connectivity index (χ1) is 9.83. The summed E-state index contributed by atoms with van der Waals surface area (Å²) in [5.41, 5.74) is 1.86. The molecule has 0 amide bonds. The van der Waals surface area contributed by atoms with Crippen molar-refractivity contribution in [2.45, 2.75) is 6.54 Å². The van der Waals surface area contributed by atoms with Crippen LogP contribution in [0.2, 0.25) is 5.02 Å². The molecule has 1 aromatic heterocycles. The summed E-state index contributed by atoms with van der Waals surface area (Å²) in [7, 11) is 0. The standard InChI is InChI=1S/C14H12ClN5/c15-11-5-4-6-12(9-11)16-10-14-17-18-19-20(14)13-7-2-1-3-8-13/h1-9,16H,10H2. The second-order valence-corrected chi connectivity index (χ2v) is 4.64. The minimum atomic E-state index is 0.516. The first-order valence-corrected chi connectivity index (χ1v) is 6.53. The predicted molar refractivity (Wildman–Crippen MR) is 77.9 cm³/mol. The molecule has 6 heteroatoms. The summed E-state index contributed by atoms with van der Waals surface area (Å²) in [6, 6.07) is 17.3. The Balaban J connectivity index is 1.78. The highest BCUT2D eigenvalue weighted by Gasteiger charge is 2.07. The minimum Gasteiger partial charge on any atom is -0.378 e. The Morgan fingerprint density at radius 2 is 1.90 bits per heavy atom. The third-order valence-corrected chi connectivity index (χ3v) is 3.05. The van der Waals surface area contributed by atoms with Crippen LogP contribution in [-0.2, 0) is 6.54 Å². The molecule has 0 bridgehead atoms. The van der Waals surface area contributed by atoms with Gasteiger partial charge in [-0.15, -0.1) is 5.10 Å². The molecule has 0 aliphatic heterocycles. The van der Waals surface area contributed by atoms with E-state index >= 15 is 0 Å². The van der Waals surface area contributed by atoms with Crippen LogP contribution in [0.25, 0.3) is 5.69 Å². The van der Waals surface area contributed by atoms with Crippen LogP contribution in [-0.4, -0.2) is 20.2 Å². The smallest absolute Gasteiger partial charge is 0.175 e. The molecule has 0 aliphatic carbocycles. The van der Waals surface area contributed by atoms with E-state index in [9.17, 15) is 0 Å². The SMILES string of the molecule is Clc1cccc(NCc2nnnn2-c2ccccc2)c1. The summed E-state index contributed by atoms with van der Waals surface area (Å²) in [5, 5.41) is 15.7. The highest BCUT2D eigenvalue weighted by atomic mass is 35.5. The fourth-order valence-electron chi connectivity index (χ4n) is 1.87. The Hall–Kier alpha value is -2.40. The number of halogens is 1. The molecule has 5 nitrogen and oxygen atoms in total. The Labute approximate surface area is 121 Å². The Kier molecular flexibility index (Phi) is 3.60. The number of tetrazole rings is 1. The maximum Gasteiger partial charge on any atom is 0.175 e. The van der Waals surface area contributed by atoms with Crippen molar-refractivity contribution >= 4 is 17.3 Å². The van der Waals surface area contributed by atoms with Gasteiger partial charge in [0.2, 0.25) is 0 Å².